The smallest absolute Gasteiger partial charge is 0.122 e. The Morgan fingerprint density at radius 3 is 2.39 bits per heavy atom. The van der Waals surface area contributed by atoms with E-state index in [1.165, 1.54) is 0 Å². The highest BCUT2D eigenvalue weighted by Gasteiger charge is 2.23. The third-order valence-electron chi connectivity index (χ3n) is 4.76. The minimum Gasteiger partial charge on any atom is -0.491 e. The highest BCUT2D eigenvalue weighted by atomic mass is 16.5. The summed E-state index contributed by atoms with van der Waals surface area (Å²) in [5.41, 5.74) is 3.30. The Balaban J connectivity index is 2.08. The first-order valence-electron chi connectivity index (χ1n) is 8.78. The molecular weight excluding hydrogens is 288 g/mol. The van der Waals surface area contributed by atoms with E-state index in [4.69, 9.17) is 4.74 Å². The Hall–Kier alpha value is -1.10. The van der Waals surface area contributed by atoms with E-state index >= 15 is 0 Å². The lowest BCUT2D eigenvalue weighted by Crippen LogP contribution is -2.45. The van der Waals surface area contributed by atoms with Gasteiger partial charge in [-0.15, -0.1) is 0 Å². The van der Waals surface area contributed by atoms with Crippen LogP contribution in [-0.2, 0) is 0 Å². The van der Waals surface area contributed by atoms with Crippen LogP contribution in [0.4, 0.5) is 0 Å². The quantitative estimate of drug-likeness (QED) is 0.846. The van der Waals surface area contributed by atoms with E-state index in [1.807, 2.05) is 26.0 Å². The second-order valence-electron chi connectivity index (χ2n) is 7.04. The molecule has 23 heavy (non-hydrogen) atoms. The fourth-order valence-electron chi connectivity index (χ4n) is 3.23. The lowest BCUT2D eigenvalue weighted by Gasteiger charge is -2.32. The number of rotatable bonds is 6. The average molecular weight is 320 g/mol. The maximum absolute atomic E-state index is 10.8. The Bertz CT molecular complexity index is 510. The molecule has 1 saturated heterocycles. The van der Waals surface area contributed by atoms with Crippen molar-refractivity contribution in [1.82, 2.24) is 10.2 Å². The standard InChI is InChI=1S/C19H32N2O2/c1-13(2)23-18-7-6-17(15(4)16(18)5)19(22)14(3)12-21-10-8-20-9-11-21/h6-7,13-14,19-20,22H,8-12H2,1-5H3. The molecule has 0 spiro atoms. The minimum atomic E-state index is -0.434. The first-order chi connectivity index (χ1) is 10.9. The fraction of sp³-hybridized carbons (Fsp3) is 0.684. The van der Waals surface area contributed by atoms with Crippen LogP contribution in [0.25, 0.3) is 0 Å². The molecular formula is C19H32N2O2. The number of ether oxygens (including phenoxy) is 1. The van der Waals surface area contributed by atoms with Crippen molar-refractivity contribution in [3.05, 3.63) is 28.8 Å². The third kappa shape index (κ3) is 4.69. The summed E-state index contributed by atoms with van der Waals surface area (Å²) in [6.45, 7) is 15.5. The molecule has 4 nitrogen and oxygen atoms in total. The molecule has 1 aliphatic rings. The summed E-state index contributed by atoms with van der Waals surface area (Å²) in [7, 11) is 0. The monoisotopic (exact) mass is 320 g/mol. The Morgan fingerprint density at radius 2 is 1.78 bits per heavy atom. The Labute approximate surface area is 140 Å². The maximum atomic E-state index is 10.8. The largest absolute Gasteiger partial charge is 0.491 e. The van der Waals surface area contributed by atoms with Gasteiger partial charge in [0.2, 0.25) is 0 Å². The number of hydrogen-bond donors (Lipinski definition) is 2. The fourth-order valence-corrected chi connectivity index (χ4v) is 3.23. The van der Waals surface area contributed by atoms with E-state index in [0.717, 1.165) is 55.2 Å². The van der Waals surface area contributed by atoms with E-state index in [9.17, 15) is 5.11 Å². The van der Waals surface area contributed by atoms with Crippen molar-refractivity contribution < 1.29 is 9.84 Å². The van der Waals surface area contributed by atoms with Crippen LogP contribution < -0.4 is 10.1 Å². The predicted octanol–water partition coefficient (Wildman–Crippen LogP) is 2.67. The molecule has 2 atom stereocenters. The molecule has 1 heterocycles. The summed E-state index contributed by atoms with van der Waals surface area (Å²) in [4.78, 5) is 2.43. The van der Waals surface area contributed by atoms with Crippen LogP contribution in [0, 0.1) is 19.8 Å². The molecule has 2 unspecified atom stereocenters. The lowest BCUT2D eigenvalue weighted by molar-refractivity contribution is 0.0836. The van der Waals surface area contributed by atoms with Crippen molar-refractivity contribution in [2.24, 2.45) is 5.92 Å². The Morgan fingerprint density at radius 1 is 1.13 bits per heavy atom. The Kier molecular flexibility index (Phi) is 6.45. The van der Waals surface area contributed by atoms with Crippen molar-refractivity contribution in [3.63, 3.8) is 0 Å². The van der Waals surface area contributed by atoms with Gasteiger partial charge >= 0.3 is 0 Å². The van der Waals surface area contributed by atoms with Crippen molar-refractivity contribution in [2.75, 3.05) is 32.7 Å². The number of aliphatic hydroxyl groups excluding tert-OH is 1. The number of aliphatic hydroxyl groups is 1. The molecule has 0 aromatic heterocycles. The van der Waals surface area contributed by atoms with Gasteiger partial charge in [0, 0.05) is 32.7 Å². The molecule has 1 fully saturated rings. The van der Waals surface area contributed by atoms with Gasteiger partial charge in [-0.3, -0.25) is 0 Å². The highest BCUT2D eigenvalue weighted by Crippen LogP contribution is 2.32. The normalized spacial score (nSPS) is 18.9. The number of piperazine rings is 1. The minimum absolute atomic E-state index is 0.163. The molecule has 0 saturated carbocycles. The summed E-state index contributed by atoms with van der Waals surface area (Å²) < 4.78 is 5.85. The van der Waals surface area contributed by atoms with Crippen molar-refractivity contribution >= 4 is 0 Å². The van der Waals surface area contributed by atoms with Crippen LogP contribution in [0.15, 0.2) is 12.1 Å². The van der Waals surface area contributed by atoms with Gasteiger partial charge in [0.05, 0.1) is 12.2 Å². The van der Waals surface area contributed by atoms with Crippen molar-refractivity contribution in [1.29, 1.82) is 0 Å². The van der Waals surface area contributed by atoms with E-state index in [0.29, 0.717) is 0 Å². The summed E-state index contributed by atoms with van der Waals surface area (Å²) in [6, 6.07) is 4.03. The first-order valence-corrected chi connectivity index (χ1v) is 8.78. The van der Waals surface area contributed by atoms with Gasteiger partial charge in [0.1, 0.15) is 5.75 Å². The number of hydrogen-bond acceptors (Lipinski definition) is 4. The predicted molar refractivity (Wildman–Crippen MR) is 95.1 cm³/mol. The highest BCUT2D eigenvalue weighted by molar-refractivity contribution is 5.44. The van der Waals surface area contributed by atoms with Gasteiger partial charge in [0.25, 0.3) is 0 Å². The van der Waals surface area contributed by atoms with Gasteiger partial charge in [0.15, 0.2) is 0 Å². The molecule has 0 aliphatic carbocycles. The maximum Gasteiger partial charge on any atom is 0.122 e. The van der Waals surface area contributed by atoms with Crippen LogP contribution in [0.1, 0.15) is 43.6 Å². The topological polar surface area (TPSA) is 44.7 Å². The molecule has 4 heteroatoms. The molecule has 2 N–H and O–H groups in total. The number of nitrogens with one attached hydrogen (secondary N) is 1. The SMILES string of the molecule is Cc1c(OC(C)C)ccc(C(O)C(C)CN2CCNCC2)c1C. The van der Waals surface area contributed by atoms with Crippen LogP contribution in [0.3, 0.4) is 0 Å². The van der Waals surface area contributed by atoms with Crippen molar-refractivity contribution in [3.8, 4) is 5.75 Å². The summed E-state index contributed by atoms with van der Waals surface area (Å²) in [5, 5.41) is 14.2. The second-order valence-corrected chi connectivity index (χ2v) is 7.04. The summed E-state index contributed by atoms with van der Waals surface area (Å²) in [6.07, 6.45) is -0.271. The van der Waals surface area contributed by atoms with Gasteiger partial charge < -0.3 is 20.1 Å². The van der Waals surface area contributed by atoms with Crippen molar-refractivity contribution in [2.45, 2.75) is 46.8 Å². The number of nitrogens with zero attached hydrogens (tertiary/aromatic N) is 1. The zero-order valence-corrected chi connectivity index (χ0v) is 15.2. The average Bonchev–Trinajstić information content (AvgIpc) is 2.52. The zero-order chi connectivity index (χ0) is 17.0. The second kappa shape index (κ2) is 8.13. The zero-order valence-electron chi connectivity index (χ0n) is 15.2. The van der Waals surface area contributed by atoms with Gasteiger partial charge in [-0.25, -0.2) is 0 Å². The molecule has 0 amide bonds. The van der Waals surface area contributed by atoms with Gasteiger partial charge in [-0.05, 0) is 56.4 Å². The van der Waals surface area contributed by atoms with E-state index < -0.39 is 6.10 Å². The molecule has 1 aliphatic heterocycles. The van der Waals surface area contributed by atoms with E-state index in [-0.39, 0.29) is 12.0 Å². The first kappa shape index (κ1) is 18.2. The summed E-state index contributed by atoms with van der Waals surface area (Å²) >= 11 is 0. The molecule has 0 bridgehead atoms. The molecule has 1 aromatic rings. The third-order valence-corrected chi connectivity index (χ3v) is 4.76. The number of benzene rings is 1. The van der Waals surface area contributed by atoms with Gasteiger partial charge in [-0.2, -0.15) is 0 Å². The van der Waals surface area contributed by atoms with E-state index in [2.05, 4.69) is 31.0 Å². The van der Waals surface area contributed by atoms with Crippen LogP contribution in [0.5, 0.6) is 5.75 Å². The molecule has 130 valence electrons. The molecule has 0 radical (unpaired) electrons. The lowest BCUT2D eigenvalue weighted by atomic mass is 9.91. The summed E-state index contributed by atoms with van der Waals surface area (Å²) in [5.74, 6) is 1.13. The van der Waals surface area contributed by atoms with Crippen LogP contribution in [0.2, 0.25) is 0 Å². The molecule has 1 aromatic carbocycles. The van der Waals surface area contributed by atoms with Gasteiger partial charge in [-0.1, -0.05) is 13.0 Å². The van der Waals surface area contributed by atoms with Crippen LogP contribution >= 0.6 is 0 Å². The van der Waals surface area contributed by atoms with Crippen LogP contribution in [-0.4, -0.2) is 48.8 Å². The molecule has 2 rings (SSSR count). The van der Waals surface area contributed by atoms with E-state index in [1.54, 1.807) is 0 Å².